The number of carbonyl (C=O) groups excluding carboxylic acids is 1. The first-order chi connectivity index (χ1) is 6.63. The van der Waals surface area contributed by atoms with E-state index in [0.717, 1.165) is 0 Å². The van der Waals surface area contributed by atoms with Gasteiger partial charge in [0.1, 0.15) is 6.04 Å². The summed E-state index contributed by atoms with van der Waals surface area (Å²) < 4.78 is 4.59. The highest BCUT2D eigenvalue weighted by atomic mass is 16.5. The second-order valence-electron chi connectivity index (χ2n) is 3.52. The molecular weight excluding hydrogens is 186 g/mol. The molecule has 2 N–H and O–H groups in total. The van der Waals surface area contributed by atoms with Crippen molar-refractivity contribution in [1.82, 2.24) is 5.32 Å². The topological polar surface area (TPSA) is 75.6 Å². The molecule has 0 radical (unpaired) electrons. The van der Waals surface area contributed by atoms with Crippen LogP contribution in [-0.4, -0.2) is 36.7 Å². The third-order valence-electron chi connectivity index (χ3n) is 2.47. The van der Waals surface area contributed by atoms with Gasteiger partial charge in [-0.3, -0.25) is 9.59 Å². The molecule has 1 fully saturated rings. The number of rotatable bonds is 4. The van der Waals surface area contributed by atoms with Gasteiger partial charge in [0.05, 0.1) is 7.11 Å². The van der Waals surface area contributed by atoms with Gasteiger partial charge < -0.3 is 15.2 Å². The van der Waals surface area contributed by atoms with Gasteiger partial charge >= 0.3 is 11.9 Å². The summed E-state index contributed by atoms with van der Waals surface area (Å²) >= 11 is 0. The van der Waals surface area contributed by atoms with Crippen LogP contribution in [0.3, 0.4) is 0 Å². The molecule has 5 nitrogen and oxygen atoms in total. The fraction of sp³-hybridized carbons (Fsp3) is 0.778. The molecule has 0 spiro atoms. The molecule has 0 aliphatic carbocycles. The van der Waals surface area contributed by atoms with Crippen LogP contribution in [-0.2, 0) is 14.3 Å². The molecule has 1 saturated heterocycles. The fourth-order valence-electron chi connectivity index (χ4n) is 1.68. The average Bonchev–Trinajstić information content (AvgIpc) is 2.62. The molecule has 1 heterocycles. The Kier molecular flexibility index (Phi) is 3.88. The first-order valence-electron chi connectivity index (χ1n) is 4.66. The molecule has 0 aromatic heterocycles. The van der Waals surface area contributed by atoms with Crippen molar-refractivity contribution >= 4 is 11.9 Å². The minimum absolute atomic E-state index is 0.167. The van der Waals surface area contributed by atoms with Crippen molar-refractivity contribution in [3.05, 3.63) is 0 Å². The number of hydrogen-bond acceptors (Lipinski definition) is 4. The Morgan fingerprint density at radius 1 is 1.57 bits per heavy atom. The molecule has 0 bridgehead atoms. The third-order valence-corrected chi connectivity index (χ3v) is 2.47. The highest BCUT2D eigenvalue weighted by molar-refractivity contribution is 5.76. The monoisotopic (exact) mass is 201 g/mol. The minimum atomic E-state index is -0.786. The number of ether oxygens (including phenoxy) is 1. The van der Waals surface area contributed by atoms with Gasteiger partial charge in [-0.15, -0.1) is 0 Å². The summed E-state index contributed by atoms with van der Waals surface area (Å²) in [5, 5.41) is 11.5. The minimum Gasteiger partial charge on any atom is -0.481 e. The van der Waals surface area contributed by atoms with Crippen molar-refractivity contribution in [1.29, 1.82) is 0 Å². The van der Waals surface area contributed by atoms with Gasteiger partial charge in [-0.2, -0.15) is 0 Å². The molecule has 1 aliphatic heterocycles. The molecule has 14 heavy (non-hydrogen) atoms. The van der Waals surface area contributed by atoms with Crippen LogP contribution in [0.25, 0.3) is 0 Å². The molecule has 1 aliphatic rings. The lowest BCUT2D eigenvalue weighted by Gasteiger charge is -2.07. The number of methoxy groups -OCH3 is 1. The van der Waals surface area contributed by atoms with Gasteiger partial charge in [-0.25, -0.2) is 0 Å². The summed E-state index contributed by atoms with van der Waals surface area (Å²) in [5.74, 6) is -0.774. The summed E-state index contributed by atoms with van der Waals surface area (Å²) in [7, 11) is 1.36. The second-order valence-corrected chi connectivity index (χ2v) is 3.52. The van der Waals surface area contributed by atoms with Crippen LogP contribution in [0.5, 0.6) is 0 Å². The van der Waals surface area contributed by atoms with Gasteiger partial charge in [-0.1, -0.05) is 0 Å². The summed E-state index contributed by atoms with van der Waals surface area (Å²) in [5.41, 5.74) is 0. The molecule has 2 atom stereocenters. The predicted octanol–water partition coefficient (Wildman–Crippen LogP) is 0.00230. The number of carboxylic acids is 1. The van der Waals surface area contributed by atoms with Crippen molar-refractivity contribution in [2.24, 2.45) is 5.92 Å². The van der Waals surface area contributed by atoms with Crippen LogP contribution in [0.15, 0.2) is 0 Å². The SMILES string of the molecule is COC(=O)[C@@H]1C[C@H](CCC(=O)O)CN1. The number of nitrogens with one attached hydrogen (secondary N) is 1. The normalized spacial score (nSPS) is 26.1. The van der Waals surface area contributed by atoms with E-state index in [9.17, 15) is 9.59 Å². The van der Waals surface area contributed by atoms with Gasteiger partial charge in [0.2, 0.25) is 0 Å². The van der Waals surface area contributed by atoms with E-state index >= 15 is 0 Å². The van der Waals surface area contributed by atoms with Crippen molar-refractivity contribution in [2.75, 3.05) is 13.7 Å². The fourth-order valence-corrected chi connectivity index (χ4v) is 1.68. The Balaban J connectivity index is 2.27. The van der Waals surface area contributed by atoms with E-state index < -0.39 is 5.97 Å². The van der Waals surface area contributed by atoms with Crippen molar-refractivity contribution in [2.45, 2.75) is 25.3 Å². The van der Waals surface area contributed by atoms with E-state index in [0.29, 0.717) is 19.4 Å². The number of hydrogen-bond donors (Lipinski definition) is 2. The third kappa shape index (κ3) is 2.99. The van der Waals surface area contributed by atoms with Gasteiger partial charge in [0.25, 0.3) is 0 Å². The van der Waals surface area contributed by atoms with E-state index in [2.05, 4.69) is 10.1 Å². The molecule has 0 aromatic carbocycles. The predicted molar refractivity (Wildman–Crippen MR) is 48.8 cm³/mol. The van der Waals surface area contributed by atoms with Crippen LogP contribution in [0.1, 0.15) is 19.3 Å². The maximum absolute atomic E-state index is 11.1. The molecule has 0 amide bonds. The Bertz CT molecular complexity index is 229. The lowest BCUT2D eigenvalue weighted by Crippen LogP contribution is -2.31. The van der Waals surface area contributed by atoms with E-state index in [1.54, 1.807) is 0 Å². The van der Waals surface area contributed by atoms with E-state index in [-0.39, 0.29) is 24.3 Å². The molecule has 0 saturated carbocycles. The highest BCUT2D eigenvalue weighted by Gasteiger charge is 2.29. The Labute approximate surface area is 82.4 Å². The smallest absolute Gasteiger partial charge is 0.322 e. The largest absolute Gasteiger partial charge is 0.481 e. The standard InChI is InChI=1S/C9H15NO4/c1-14-9(13)7-4-6(5-10-7)2-3-8(11)12/h6-7,10H,2-5H2,1H3,(H,11,12)/t6-,7-/m0/s1. The van der Waals surface area contributed by atoms with Crippen LogP contribution in [0.2, 0.25) is 0 Å². The number of aliphatic carboxylic acids is 1. The van der Waals surface area contributed by atoms with Gasteiger partial charge in [0, 0.05) is 6.42 Å². The molecule has 80 valence electrons. The first-order valence-corrected chi connectivity index (χ1v) is 4.66. The quantitative estimate of drug-likeness (QED) is 0.626. The summed E-state index contributed by atoms with van der Waals surface area (Å²) in [6.07, 6.45) is 1.47. The second kappa shape index (κ2) is 4.95. The lowest BCUT2D eigenvalue weighted by molar-refractivity contribution is -0.142. The van der Waals surface area contributed by atoms with Crippen LogP contribution in [0, 0.1) is 5.92 Å². The van der Waals surface area contributed by atoms with E-state index in [1.165, 1.54) is 7.11 Å². The first kappa shape index (κ1) is 11.0. The van der Waals surface area contributed by atoms with Crippen LogP contribution >= 0.6 is 0 Å². The van der Waals surface area contributed by atoms with Gasteiger partial charge in [0.15, 0.2) is 0 Å². The summed E-state index contributed by atoms with van der Waals surface area (Å²) in [6, 6.07) is -0.251. The maximum atomic E-state index is 11.1. The Morgan fingerprint density at radius 2 is 2.29 bits per heavy atom. The number of carboxylic acid groups (broad SMARTS) is 1. The number of carbonyl (C=O) groups is 2. The molecule has 1 rings (SSSR count). The molecular formula is C9H15NO4. The maximum Gasteiger partial charge on any atom is 0.322 e. The molecule has 0 unspecified atom stereocenters. The van der Waals surface area contributed by atoms with Crippen molar-refractivity contribution in [3.63, 3.8) is 0 Å². The molecule has 0 aromatic rings. The van der Waals surface area contributed by atoms with Crippen molar-refractivity contribution in [3.8, 4) is 0 Å². The van der Waals surface area contributed by atoms with Crippen molar-refractivity contribution < 1.29 is 19.4 Å². The Hall–Kier alpha value is -1.10. The van der Waals surface area contributed by atoms with Crippen LogP contribution in [0.4, 0.5) is 0 Å². The summed E-state index contributed by atoms with van der Waals surface area (Å²) in [4.78, 5) is 21.4. The van der Waals surface area contributed by atoms with E-state index in [4.69, 9.17) is 5.11 Å². The Morgan fingerprint density at radius 3 is 2.86 bits per heavy atom. The highest BCUT2D eigenvalue weighted by Crippen LogP contribution is 2.19. The van der Waals surface area contributed by atoms with E-state index in [1.807, 2.05) is 0 Å². The summed E-state index contributed by atoms with van der Waals surface area (Å²) in [6.45, 7) is 0.701. The lowest BCUT2D eigenvalue weighted by atomic mass is 10.00. The molecule has 5 heteroatoms. The van der Waals surface area contributed by atoms with Gasteiger partial charge in [-0.05, 0) is 25.3 Å². The average molecular weight is 201 g/mol. The zero-order valence-electron chi connectivity index (χ0n) is 8.16. The zero-order valence-corrected chi connectivity index (χ0v) is 8.16. The zero-order chi connectivity index (χ0) is 10.6. The number of esters is 1. The van der Waals surface area contributed by atoms with Crippen LogP contribution < -0.4 is 5.32 Å².